The summed E-state index contributed by atoms with van der Waals surface area (Å²) in [5.41, 5.74) is 0.893. The van der Waals surface area contributed by atoms with Crippen molar-refractivity contribution in [2.24, 2.45) is 7.05 Å². The fraction of sp³-hybridized carbons (Fsp3) is 0.167. The lowest BCUT2D eigenvalue weighted by molar-refractivity contribution is 0.0947. The highest BCUT2D eigenvalue weighted by Crippen LogP contribution is 2.27. The van der Waals surface area contributed by atoms with Gasteiger partial charge in [-0.2, -0.15) is 5.10 Å². The molecule has 0 radical (unpaired) electrons. The van der Waals surface area contributed by atoms with Crippen LogP contribution in [0.2, 0.25) is 0 Å². The van der Waals surface area contributed by atoms with Crippen LogP contribution in [-0.4, -0.2) is 25.9 Å². The summed E-state index contributed by atoms with van der Waals surface area (Å²) in [5, 5.41) is 25.4. The van der Waals surface area contributed by atoms with Gasteiger partial charge in [-0.3, -0.25) is 9.48 Å². The van der Waals surface area contributed by atoms with Gasteiger partial charge in [0, 0.05) is 25.4 Å². The number of carbonyl (C=O) groups excluding carboxylic acids is 1. The molecule has 1 aromatic carbocycles. The number of phenolic OH excluding ortho intramolecular Hbond substituents is 2. The van der Waals surface area contributed by atoms with Gasteiger partial charge < -0.3 is 15.5 Å². The van der Waals surface area contributed by atoms with Crippen LogP contribution in [0.4, 0.5) is 0 Å². The molecule has 0 unspecified atom stereocenters. The molecule has 1 heterocycles. The Morgan fingerprint density at radius 2 is 2.22 bits per heavy atom. The highest BCUT2D eigenvalue weighted by Gasteiger charge is 2.13. The third-order valence-corrected chi connectivity index (χ3v) is 2.47. The van der Waals surface area contributed by atoms with Gasteiger partial charge in [0.15, 0.2) is 11.5 Å². The molecule has 94 valence electrons. The van der Waals surface area contributed by atoms with E-state index in [1.54, 1.807) is 24.1 Å². The van der Waals surface area contributed by atoms with E-state index in [1.165, 1.54) is 18.2 Å². The van der Waals surface area contributed by atoms with Gasteiger partial charge in [0.05, 0.1) is 11.8 Å². The maximum Gasteiger partial charge on any atom is 0.255 e. The van der Waals surface area contributed by atoms with Crippen LogP contribution in [0.15, 0.2) is 30.6 Å². The SMILES string of the molecule is Cn1cc(CNC(=O)c2cccc(O)c2O)cn1. The summed E-state index contributed by atoms with van der Waals surface area (Å²) in [4.78, 5) is 11.8. The molecule has 3 N–H and O–H groups in total. The van der Waals surface area contributed by atoms with Crippen molar-refractivity contribution in [1.29, 1.82) is 0 Å². The van der Waals surface area contributed by atoms with E-state index in [4.69, 9.17) is 0 Å². The van der Waals surface area contributed by atoms with Crippen LogP contribution < -0.4 is 5.32 Å². The number of aromatic hydroxyl groups is 2. The molecule has 0 aliphatic heterocycles. The van der Waals surface area contributed by atoms with E-state index < -0.39 is 11.7 Å². The maximum absolute atomic E-state index is 11.8. The van der Waals surface area contributed by atoms with Crippen molar-refractivity contribution in [3.05, 3.63) is 41.7 Å². The molecule has 6 heteroatoms. The molecule has 0 atom stereocenters. The molecule has 2 aromatic rings. The fourth-order valence-corrected chi connectivity index (χ4v) is 1.56. The number of rotatable bonds is 3. The molecule has 0 saturated carbocycles. The molecular weight excluding hydrogens is 234 g/mol. The van der Waals surface area contributed by atoms with Crippen LogP contribution in [0.1, 0.15) is 15.9 Å². The van der Waals surface area contributed by atoms with Crippen molar-refractivity contribution in [2.75, 3.05) is 0 Å². The van der Waals surface area contributed by atoms with Gasteiger partial charge in [-0.25, -0.2) is 0 Å². The normalized spacial score (nSPS) is 10.3. The molecule has 2 rings (SSSR count). The Morgan fingerprint density at radius 3 is 2.89 bits per heavy atom. The Kier molecular flexibility index (Phi) is 3.18. The number of hydrogen-bond donors (Lipinski definition) is 3. The minimum absolute atomic E-state index is 0.0406. The molecule has 1 aromatic heterocycles. The Labute approximate surface area is 103 Å². The lowest BCUT2D eigenvalue weighted by Gasteiger charge is -2.06. The number of nitrogens with one attached hydrogen (secondary N) is 1. The first-order valence-electron chi connectivity index (χ1n) is 5.34. The Morgan fingerprint density at radius 1 is 1.44 bits per heavy atom. The van der Waals surface area contributed by atoms with Crippen molar-refractivity contribution in [2.45, 2.75) is 6.54 Å². The summed E-state index contributed by atoms with van der Waals surface area (Å²) in [6.45, 7) is 0.307. The zero-order chi connectivity index (χ0) is 13.1. The number of phenols is 2. The first kappa shape index (κ1) is 12.0. The summed E-state index contributed by atoms with van der Waals surface area (Å²) in [6.07, 6.45) is 3.42. The van der Waals surface area contributed by atoms with Gasteiger partial charge in [0.1, 0.15) is 0 Å². The van der Waals surface area contributed by atoms with Crippen molar-refractivity contribution in [3.63, 3.8) is 0 Å². The van der Waals surface area contributed by atoms with Gasteiger partial charge in [-0.05, 0) is 12.1 Å². The number of carbonyl (C=O) groups is 1. The van der Waals surface area contributed by atoms with Crippen molar-refractivity contribution >= 4 is 5.91 Å². The molecule has 0 aliphatic carbocycles. The van der Waals surface area contributed by atoms with Gasteiger partial charge in [-0.1, -0.05) is 6.07 Å². The summed E-state index contributed by atoms with van der Waals surface area (Å²) in [7, 11) is 1.78. The molecular formula is C12H13N3O3. The van der Waals surface area contributed by atoms with Crippen molar-refractivity contribution in [3.8, 4) is 11.5 Å². The van der Waals surface area contributed by atoms with E-state index in [0.717, 1.165) is 5.56 Å². The first-order chi connectivity index (χ1) is 8.58. The zero-order valence-electron chi connectivity index (χ0n) is 9.79. The van der Waals surface area contributed by atoms with E-state index in [-0.39, 0.29) is 11.3 Å². The number of aromatic nitrogens is 2. The lowest BCUT2D eigenvalue weighted by atomic mass is 10.1. The van der Waals surface area contributed by atoms with E-state index in [0.29, 0.717) is 6.54 Å². The summed E-state index contributed by atoms with van der Waals surface area (Å²) < 4.78 is 1.63. The van der Waals surface area contributed by atoms with Crippen LogP contribution in [-0.2, 0) is 13.6 Å². The summed E-state index contributed by atoms with van der Waals surface area (Å²) >= 11 is 0. The second-order valence-electron chi connectivity index (χ2n) is 3.88. The van der Waals surface area contributed by atoms with E-state index in [1.807, 2.05) is 0 Å². The molecule has 0 fully saturated rings. The predicted octanol–water partition coefficient (Wildman–Crippen LogP) is 0.761. The van der Waals surface area contributed by atoms with Crippen LogP contribution in [0.25, 0.3) is 0 Å². The minimum atomic E-state index is -0.452. The molecule has 18 heavy (non-hydrogen) atoms. The fourth-order valence-electron chi connectivity index (χ4n) is 1.56. The molecule has 0 spiro atoms. The first-order valence-corrected chi connectivity index (χ1v) is 5.34. The average Bonchev–Trinajstić information content (AvgIpc) is 2.76. The van der Waals surface area contributed by atoms with Crippen molar-refractivity contribution in [1.82, 2.24) is 15.1 Å². The average molecular weight is 247 g/mol. The van der Waals surface area contributed by atoms with E-state index in [2.05, 4.69) is 10.4 Å². The molecule has 0 saturated heterocycles. The van der Waals surface area contributed by atoms with Gasteiger partial charge in [-0.15, -0.1) is 0 Å². The Hall–Kier alpha value is -2.50. The van der Waals surface area contributed by atoms with Crippen molar-refractivity contribution < 1.29 is 15.0 Å². The Balaban J connectivity index is 2.06. The number of aryl methyl sites for hydroxylation is 1. The number of hydrogen-bond acceptors (Lipinski definition) is 4. The monoisotopic (exact) mass is 247 g/mol. The zero-order valence-corrected chi connectivity index (χ0v) is 9.79. The summed E-state index contributed by atoms with van der Waals surface area (Å²) in [6, 6.07) is 4.24. The molecule has 1 amide bonds. The Bertz CT molecular complexity index is 578. The molecule has 0 aliphatic rings. The minimum Gasteiger partial charge on any atom is -0.504 e. The second-order valence-corrected chi connectivity index (χ2v) is 3.88. The number of benzene rings is 1. The number of amides is 1. The van der Waals surface area contributed by atoms with Gasteiger partial charge in [0.2, 0.25) is 0 Å². The largest absolute Gasteiger partial charge is 0.504 e. The number of para-hydroxylation sites is 1. The predicted molar refractivity (Wildman–Crippen MR) is 64.1 cm³/mol. The second kappa shape index (κ2) is 4.79. The highest BCUT2D eigenvalue weighted by atomic mass is 16.3. The van der Waals surface area contributed by atoms with Gasteiger partial charge >= 0.3 is 0 Å². The van der Waals surface area contributed by atoms with Crippen LogP contribution >= 0.6 is 0 Å². The molecule has 6 nitrogen and oxygen atoms in total. The third kappa shape index (κ3) is 2.42. The van der Waals surface area contributed by atoms with Crippen LogP contribution in [0.5, 0.6) is 11.5 Å². The third-order valence-electron chi connectivity index (χ3n) is 2.47. The number of nitrogens with zero attached hydrogens (tertiary/aromatic N) is 2. The highest BCUT2D eigenvalue weighted by molar-refractivity contribution is 5.97. The molecule has 0 bridgehead atoms. The maximum atomic E-state index is 11.8. The summed E-state index contributed by atoms with van der Waals surface area (Å²) in [5.74, 6) is -1.18. The quantitative estimate of drug-likeness (QED) is 0.699. The van der Waals surface area contributed by atoms with E-state index in [9.17, 15) is 15.0 Å². The smallest absolute Gasteiger partial charge is 0.255 e. The van der Waals surface area contributed by atoms with Crippen LogP contribution in [0, 0.1) is 0 Å². The van der Waals surface area contributed by atoms with Gasteiger partial charge in [0.25, 0.3) is 5.91 Å². The topological polar surface area (TPSA) is 87.4 Å². The standard InChI is InChI=1S/C12H13N3O3/c1-15-7-8(6-14-15)5-13-12(18)9-3-2-4-10(16)11(9)17/h2-4,6-7,16-17H,5H2,1H3,(H,13,18). The van der Waals surface area contributed by atoms with Crippen LogP contribution in [0.3, 0.4) is 0 Å². The van der Waals surface area contributed by atoms with E-state index >= 15 is 0 Å². The lowest BCUT2D eigenvalue weighted by Crippen LogP contribution is -2.22.